The van der Waals surface area contributed by atoms with Crippen LogP contribution in [0.3, 0.4) is 0 Å². The lowest BCUT2D eigenvalue weighted by atomic mass is 9.84. The standard InChI is InChI=1S/C13H24N4S/c1-9(2)12-15-13(18-16-12)17(3)11-7-5-4-6-10(11)8-14/h9-11H,4-8,14H2,1-3H3. The first kappa shape index (κ1) is 13.7. The number of rotatable bonds is 4. The third kappa shape index (κ3) is 2.83. The Morgan fingerprint density at radius 3 is 2.72 bits per heavy atom. The van der Waals surface area contributed by atoms with Crippen molar-refractivity contribution in [1.82, 2.24) is 9.36 Å². The summed E-state index contributed by atoms with van der Waals surface area (Å²) in [5, 5.41) is 1.05. The van der Waals surface area contributed by atoms with E-state index in [0.717, 1.165) is 17.5 Å². The number of anilines is 1. The van der Waals surface area contributed by atoms with Gasteiger partial charge in [0.15, 0.2) is 0 Å². The summed E-state index contributed by atoms with van der Waals surface area (Å²) in [7, 11) is 2.14. The Balaban J connectivity index is 2.10. The molecule has 2 atom stereocenters. The van der Waals surface area contributed by atoms with Crippen LogP contribution in [0, 0.1) is 5.92 Å². The van der Waals surface area contributed by atoms with Gasteiger partial charge in [0.05, 0.1) is 0 Å². The van der Waals surface area contributed by atoms with E-state index in [-0.39, 0.29) is 0 Å². The second-order valence-corrected chi connectivity index (χ2v) is 6.28. The molecule has 2 rings (SSSR count). The average Bonchev–Trinajstić information content (AvgIpc) is 2.87. The van der Waals surface area contributed by atoms with Crippen molar-refractivity contribution in [2.75, 3.05) is 18.5 Å². The maximum absolute atomic E-state index is 5.90. The molecule has 0 spiro atoms. The zero-order chi connectivity index (χ0) is 13.1. The summed E-state index contributed by atoms with van der Waals surface area (Å²) in [6.07, 6.45) is 5.11. The predicted octanol–water partition coefficient (Wildman–Crippen LogP) is 2.62. The fourth-order valence-electron chi connectivity index (χ4n) is 2.72. The van der Waals surface area contributed by atoms with Crippen molar-refractivity contribution in [3.63, 3.8) is 0 Å². The highest BCUT2D eigenvalue weighted by Crippen LogP contribution is 2.31. The minimum absolute atomic E-state index is 0.403. The number of aromatic nitrogens is 2. The Hall–Kier alpha value is -0.680. The molecule has 0 radical (unpaired) electrons. The largest absolute Gasteiger partial charge is 0.347 e. The van der Waals surface area contributed by atoms with E-state index in [4.69, 9.17) is 5.73 Å². The molecule has 0 aromatic carbocycles. The summed E-state index contributed by atoms with van der Waals surface area (Å²) in [5.74, 6) is 1.97. The third-order valence-electron chi connectivity index (χ3n) is 3.92. The molecule has 1 fully saturated rings. The summed E-state index contributed by atoms with van der Waals surface area (Å²) in [6.45, 7) is 5.05. The quantitative estimate of drug-likeness (QED) is 0.912. The Labute approximate surface area is 114 Å². The molecule has 5 heteroatoms. The van der Waals surface area contributed by atoms with Gasteiger partial charge in [-0.1, -0.05) is 26.7 Å². The average molecular weight is 268 g/mol. The summed E-state index contributed by atoms with van der Waals surface area (Å²) >= 11 is 1.52. The van der Waals surface area contributed by atoms with Crippen molar-refractivity contribution in [3.8, 4) is 0 Å². The van der Waals surface area contributed by atoms with E-state index in [9.17, 15) is 0 Å². The Bertz CT molecular complexity index is 377. The summed E-state index contributed by atoms with van der Waals surface area (Å²) < 4.78 is 4.44. The van der Waals surface area contributed by atoms with Gasteiger partial charge in [0, 0.05) is 30.5 Å². The molecule has 0 amide bonds. The lowest BCUT2D eigenvalue weighted by Crippen LogP contribution is -2.43. The van der Waals surface area contributed by atoms with Crippen LogP contribution in [0.4, 0.5) is 5.13 Å². The summed E-state index contributed by atoms with van der Waals surface area (Å²) in [6, 6.07) is 0.539. The van der Waals surface area contributed by atoms with Crippen LogP contribution in [0.2, 0.25) is 0 Å². The van der Waals surface area contributed by atoms with Gasteiger partial charge in [0.25, 0.3) is 0 Å². The number of nitrogens with two attached hydrogens (primary N) is 1. The van der Waals surface area contributed by atoms with E-state index >= 15 is 0 Å². The van der Waals surface area contributed by atoms with Crippen LogP contribution in [0.5, 0.6) is 0 Å². The molecule has 0 aliphatic heterocycles. The minimum Gasteiger partial charge on any atom is -0.347 e. The molecule has 18 heavy (non-hydrogen) atoms. The van der Waals surface area contributed by atoms with Gasteiger partial charge in [-0.3, -0.25) is 0 Å². The van der Waals surface area contributed by atoms with Crippen LogP contribution in [-0.4, -0.2) is 29.0 Å². The minimum atomic E-state index is 0.403. The van der Waals surface area contributed by atoms with Gasteiger partial charge < -0.3 is 10.6 Å². The van der Waals surface area contributed by atoms with Gasteiger partial charge in [-0.15, -0.1) is 0 Å². The van der Waals surface area contributed by atoms with E-state index < -0.39 is 0 Å². The first-order valence-electron chi connectivity index (χ1n) is 6.90. The molecule has 4 nitrogen and oxygen atoms in total. The normalized spacial score (nSPS) is 24.5. The molecule has 0 bridgehead atoms. The molecule has 1 aromatic rings. The molecule has 1 aliphatic rings. The van der Waals surface area contributed by atoms with E-state index in [0.29, 0.717) is 17.9 Å². The van der Waals surface area contributed by atoms with Crippen LogP contribution in [0.15, 0.2) is 0 Å². The molecule has 0 saturated heterocycles. The van der Waals surface area contributed by atoms with Crippen molar-refractivity contribution in [3.05, 3.63) is 5.82 Å². The van der Waals surface area contributed by atoms with Crippen molar-refractivity contribution in [1.29, 1.82) is 0 Å². The molecular weight excluding hydrogens is 244 g/mol. The van der Waals surface area contributed by atoms with Crippen LogP contribution in [0.1, 0.15) is 51.3 Å². The van der Waals surface area contributed by atoms with E-state index in [1.54, 1.807) is 0 Å². The number of hydrogen-bond donors (Lipinski definition) is 1. The first-order valence-corrected chi connectivity index (χ1v) is 7.67. The number of nitrogens with zero attached hydrogens (tertiary/aromatic N) is 3. The third-order valence-corrected chi connectivity index (χ3v) is 4.74. The van der Waals surface area contributed by atoms with Crippen LogP contribution >= 0.6 is 11.5 Å². The lowest BCUT2D eigenvalue weighted by molar-refractivity contribution is 0.306. The van der Waals surface area contributed by atoms with Crippen molar-refractivity contribution >= 4 is 16.7 Å². The second kappa shape index (κ2) is 5.97. The van der Waals surface area contributed by atoms with Gasteiger partial charge in [-0.2, -0.15) is 4.37 Å². The van der Waals surface area contributed by atoms with Crippen molar-refractivity contribution in [2.45, 2.75) is 51.5 Å². The molecule has 2 N–H and O–H groups in total. The monoisotopic (exact) mass is 268 g/mol. The molecule has 1 heterocycles. The predicted molar refractivity (Wildman–Crippen MR) is 77.2 cm³/mol. The van der Waals surface area contributed by atoms with Crippen LogP contribution in [0.25, 0.3) is 0 Å². The van der Waals surface area contributed by atoms with Crippen molar-refractivity contribution < 1.29 is 0 Å². The van der Waals surface area contributed by atoms with Gasteiger partial charge in [0.1, 0.15) is 5.82 Å². The zero-order valence-corrected chi connectivity index (χ0v) is 12.4. The number of hydrogen-bond acceptors (Lipinski definition) is 5. The Morgan fingerprint density at radius 2 is 2.11 bits per heavy atom. The maximum Gasteiger partial charge on any atom is 0.205 e. The van der Waals surface area contributed by atoms with Crippen LogP contribution < -0.4 is 10.6 Å². The molecule has 1 aliphatic carbocycles. The van der Waals surface area contributed by atoms with Gasteiger partial charge in [-0.05, 0) is 25.3 Å². The molecule has 1 saturated carbocycles. The van der Waals surface area contributed by atoms with E-state index in [2.05, 4.69) is 35.2 Å². The lowest BCUT2D eigenvalue weighted by Gasteiger charge is -2.37. The molecule has 1 aromatic heterocycles. The van der Waals surface area contributed by atoms with Gasteiger partial charge in [0.2, 0.25) is 5.13 Å². The molecule has 2 unspecified atom stereocenters. The highest BCUT2D eigenvalue weighted by atomic mass is 32.1. The summed E-state index contributed by atoms with van der Waals surface area (Å²) in [4.78, 5) is 6.95. The van der Waals surface area contributed by atoms with E-state index in [1.807, 2.05) is 0 Å². The van der Waals surface area contributed by atoms with E-state index in [1.165, 1.54) is 37.2 Å². The zero-order valence-electron chi connectivity index (χ0n) is 11.6. The Kier molecular flexibility index (Phi) is 4.56. The Morgan fingerprint density at radius 1 is 1.39 bits per heavy atom. The van der Waals surface area contributed by atoms with Crippen LogP contribution in [-0.2, 0) is 0 Å². The fourth-order valence-corrected chi connectivity index (χ4v) is 3.54. The van der Waals surface area contributed by atoms with Crippen molar-refractivity contribution in [2.24, 2.45) is 11.7 Å². The fraction of sp³-hybridized carbons (Fsp3) is 0.846. The SMILES string of the molecule is CC(C)c1nsc(N(C)C2CCCCC2CN)n1. The maximum atomic E-state index is 5.90. The molecular formula is C13H24N4S. The van der Waals surface area contributed by atoms with Gasteiger partial charge in [-0.25, -0.2) is 4.98 Å². The topological polar surface area (TPSA) is 55.0 Å². The molecule has 102 valence electrons. The summed E-state index contributed by atoms with van der Waals surface area (Å²) in [5.41, 5.74) is 5.90. The second-order valence-electron chi connectivity index (χ2n) is 5.55. The highest BCUT2D eigenvalue weighted by molar-refractivity contribution is 7.09. The highest BCUT2D eigenvalue weighted by Gasteiger charge is 2.29. The first-order chi connectivity index (χ1) is 8.63. The van der Waals surface area contributed by atoms with Gasteiger partial charge >= 0.3 is 0 Å². The smallest absolute Gasteiger partial charge is 0.205 e.